The first kappa shape index (κ1) is 11.4. The van der Waals surface area contributed by atoms with Gasteiger partial charge in [-0.2, -0.15) is 12.6 Å². The average molecular weight is 216 g/mol. The summed E-state index contributed by atoms with van der Waals surface area (Å²) in [5, 5.41) is 0. The summed E-state index contributed by atoms with van der Waals surface area (Å²) in [6.45, 7) is 2.45. The van der Waals surface area contributed by atoms with Crippen LogP contribution < -0.4 is 5.73 Å². The average Bonchev–Trinajstić information content (AvgIpc) is 2.63. The zero-order valence-corrected chi connectivity index (χ0v) is 9.17. The van der Waals surface area contributed by atoms with E-state index in [1.165, 1.54) is 0 Å². The summed E-state index contributed by atoms with van der Waals surface area (Å²) in [7, 11) is 0. The lowest BCUT2D eigenvalue weighted by Crippen LogP contribution is -2.45. The number of hydrogen-bond acceptors (Lipinski definition) is 3. The van der Waals surface area contributed by atoms with Crippen LogP contribution in [0.2, 0.25) is 0 Å². The van der Waals surface area contributed by atoms with Crippen molar-refractivity contribution in [3.05, 3.63) is 0 Å². The van der Waals surface area contributed by atoms with Gasteiger partial charge >= 0.3 is 0 Å². The Hall–Kier alpha value is -0.710. The highest BCUT2D eigenvalue weighted by molar-refractivity contribution is 7.80. The minimum atomic E-state index is -0.401. The molecule has 14 heavy (non-hydrogen) atoms. The van der Waals surface area contributed by atoms with Crippen LogP contribution in [0, 0.1) is 5.92 Å². The summed E-state index contributed by atoms with van der Waals surface area (Å²) < 4.78 is 0. The highest BCUT2D eigenvalue weighted by Gasteiger charge is 2.34. The lowest BCUT2D eigenvalue weighted by Gasteiger charge is -2.24. The normalized spacial score (nSPS) is 23.6. The van der Waals surface area contributed by atoms with Crippen LogP contribution in [-0.2, 0) is 9.59 Å². The van der Waals surface area contributed by atoms with E-state index in [0.717, 1.165) is 6.42 Å². The fourth-order valence-corrected chi connectivity index (χ4v) is 1.84. The van der Waals surface area contributed by atoms with Crippen LogP contribution >= 0.6 is 12.6 Å². The molecule has 1 heterocycles. The van der Waals surface area contributed by atoms with Crippen LogP contribution in [0.1, 0.15) is 19.8 Å². The molecule has 5 heteroatoms. The van der Waals surface area contributed by atoms with Gasteiger partial charge in [-0.3, -0.25) is 9.59 Å². The molecular formula is C9H16N2O2S. The summed E-state index contributed by atoms with van der Waals surface area (Å²) in [4.78, 5) is 24.4. The Bertz CT molecular complexity index is 245. The van der Waals surface area contributed by atoms with Crippen molar-refractivity contribution in [3.8, 4) is 0 Å². The fraction of sp³-hybridized carbons (Fsp3) is 0.778. The molecule has 2 atom stereocenters. The van der Waals surface area contributed by atoms with E-state index < -0.39 is 11.9 Å². The molecule has 80 valence electrons. The lowest BCUT2D eigenvalue weighted by atomic mass is 10.1. The standard InChI is InChI=1S/C9H16N2O2S/c1-6(5-14)9(13)11-4-2-3-7(11)8(10)12/h6-7,14H,2-5H2,1H3,(H2,10,12)/t6-,7+/m1/s1. The largest absolute Gasteiger partial charge is 0.368 e. The molecule has 1 rings (SSSR count). The summed E-state index contributed by atoms with van der Waals surface area (Å²) in [5.41, 5.74) is 5.22. The topological polar surface area (TPSA) is 63.4 Å². The van der Waals surface area contributed by atoms with Crippen LogP contribution in [-0.4, -0.2) is 35.1 Å². The number of hydrogen-bond donors (Lipinski definition) is 2. The number of rotatable bonds is 3. The van der Waals surface area contributed by atoms with Gasteiger partial charge in [0.15, 0.2) is 0 Å². The van der Waals surface area contributed by atoms with Gasteiger partial charge in [0.1, 0.15) is 6.04 Å². The quantitative estimate of drug-likeness (QED) is 0.654. The first-order chi connectivity index (χ1) is 6.57. The van der Waals surface area contributed by atoms with Crippen molar-refractivity contribution >= 4 is 24.4 Å². The van der Waals surface area contributed by atoms with Gasteiger partial charge in [-0.25, -0.2) is 0 Å². The Balaban J connectivity index is 2.67. The van der Waals surface area contributed by atoms with E-state index in [9.17, 15) is 9.59 Å². The number of carbonyl (C=O) groups excluding carboxylic acids is 2. The molecule has 0 aliphatic carbocycles. The van der Waals surface area contributed by atoms with Gasteiger partial charge < -0.3 is 10.6 Å². The minimum Gasteiger partial charge on any atom is -0.368 e. The second kappa shape index (κ2) is 4.68. The van der Waals surface area contributed by atoms with Crippen molar-refractivity contribution < 1.29 is 9.59 Å². The molecule has 0 spiro atoms. The third-order valence-corrected chi connectivity index (χ3v) is 3.11. The van der Waals surface area contributed by atoms with E-state index in [-0.39, 0.29) is 11.8 Å². The first-order valence-electron chi connectivity index (χ1n) is 4.78. The zero-order valence-electron chi connectivity index (χ0n) is 8.27. The van der Waals surface area contributed by atoms with Crippen LogP contribution in [0.15, 0.2) is 0 Å². The Morgan fingerprint density at radius 3 is 2.79 bits per heavy atom. The van der Waals surface area contributed by atoms with Gasteiger partial charge in [-0.05, 0) is 12.8 Å². The van der Waals surface area contributed by atoms with E-state index in [1.54, 1.807) is 4.90 Å². The lowest BCUT2D eigenvalue weighted by molar-refractivity contribution is -0.139. The Kier molecular flexibility index (Phi) is 3.80. The summed E-state index contributed by atoms with van der Waals surface area (Å²) in [6, 6.07) is -0.398. The maximum atomic E-state index is 11.8. The number of nitrogens with two attached hydrogens (primary N) is 1. The van der Waals surface area contributed by atoms with E-state index in [0.29, 0.717) is 18.7 Å². The van der Waals surface area contributed by atoms with Gasteiger partial charge in [-0.15, -0.1) is 0 Å². The molecule has 1 fully saturated rings. The van der Waals surface area contributed by atoms with Gasteiger partial charge in [0.05, 0.1) is 0 Å². The van der Waals surface area contributed by atoms with Crippen LogP contribution in [0.25, 0.3) is 0 Å². The Morgan fingerprint density at radius 2 is 2.29 bits per heavy atom. The molecule has 1 aliphatic heterocycles. The molecule has 1 saturated heterocycles. The van der Waals surface area contributed by atoms with Gasteiger partial charge in [-0.1, -0.05) is 6.92 Å². The SMILES string of the molecule is C[C@H](CS)C(=O)N1CCC[C@H]1C(N)=O. The van der Waals surface area contributed by atoms with Crippen molar-refractivity contribution in [2.75, 3.05) is 12.3 Å². The van der Waals surface area contributed by atoms with E-state index in [1.807, 2.05) is 6.92 Å². The van der Waals surface area contributed by atoms with Crippen molar-refractivity contribution in [3.63, 3.8) is 0 Å². The number of carbonyl (C=O) groups is 2. The fourth-order valence-electron chi connectivity index (χ4n) is 1.69. The molecule has 0 aromatic rings. The number of amides is 2. The van der Waals surface area contributed by atoms with E-state index in [4.69, 9.17) is 5.73 Å². The molecule has 4 nitrogen and oxygen atoms in total. The monoisotopic (exact) mass is 216 g/mol. The smallest absolute Gasteiger partial charge is 0.240 e. The minimum absolute atomic E-state index is 0.0127. The summed E-state index contributed by atoms with van der Waals surface area (Å²) in [6.07, 6.45) is 1.55. The van der Waals surface area contributed by atoms with E-state index >= 15 is 0 Å². The molecule has 1 aliphatic rings. The van der Waals surface area contributed by atoms with Crippen LogP contribution in [0.5, 0.6) is 0 Å². The van der Waals surface area contributed by atoms with Crippen molar-refractivity contribution in [2.24, 2.45) is 11.7 Å². The van der Waals surface area contributed by atoms with Gasteiger partial charge in [0.25, 0.3) is 0 Å². The second-order valence-electron chi connectivity index (χ2n) is 3.68. The predicted octanol–water partition coefficient (Wildman–Crippen LogP) is 0.0286. The number of primary amides is 1. The number of likely N-dealkylation sites (tertiary alicyclic amines) is 1. The van der Waals surface area contributed by atoms with Gasteiger partial charge in [0, 0.05) is 18.2 Å². The third kappa shape index (κ3) is 2.20. The van der Waals surface area contributed by atoms with E-state index in [2.05, 4.69) is 12.6 Å². The highest BCUT2D eigenvalue weighted by atomic mass is 32.1. The molecule has 0 unspecified atom stereocenters. The zero-order chi connectivity index (χ0) is 10.7. The van der Waals surface area contributed by atoms with Crippen molar-refractivity contribution in [1.82, 2.24) is 4.90 Å². The Morgan fingerprint density at radius 1 is 1.64 bits per heavy atom. The maximum Gasteiger partial charge on any atom is 0.240 e. The molecule has 2 N–H and O–H groups in total. The Labute approximate surface area is 89.2 Å². The molecular weight excluding hydrogens is 200 g/mol. The maximum absolute atomic E-state index is 11.8. The summed E-state index contributed by atoms with van der Waals surface area (Å²) in [5.74, 6) is -0.0531. The molecule has 0 saturated carbocycles. The highest BCUT2D eigenvalue weighted by Crippen LogP contribution is 2.19. The molecule has 0 aromatic carbocycles. The van der Waals surface area contributed by atoms with Crippen molar-refractivity contribution in [1.29, 1.82) is 0 Å². The third-order valence-electron chi connectivity index (χ3n) is 2.56. The van der Waals surface area contributed by atoms with Gasteiger partial charge in [0.2, 0.25) is 11.8 Å². The molecule has 2 amide bonds. The number of nitrogens with zero attached hydrogens (tertiary/aromatic N) is 1. The summed E-state index contributed by atoms with van der Waals surface area (Å²) >= 11 is 4.07. The predicted molar refractivity (Wildman–Crippen MR) is 56.9 cm³/mol. The van der Waals surface area contributed by atoms with Crippen LogP contribution in [0.4, 0.5) is 0 Å². The number of thiol groups is 1. The molecule has 0 aromatic heterocycles. The van der Waals surface area contributed by atoms with Crippen LogP contribution in [0.3, 0.4) is 0 Å². The molecule has 0 bridgehead atoms. The molecule has 0 radical (unpaired) electrons. The second-order valence-corrected chi connectivity index (χ2v) is 4.04. The van der Waals surface area contributed by atoms with Crippen molar-refractivity contribution in [2.45, 2.75) is 25.8 Å². The first-order valence-corrected chi connectivity index (χ1v) is 5.41.